The summed E-state index contributed by atoms with van der Waals surface area (Å²) in [6.45, 7) is 4.17. The molecule has 0 aliphatic heterocycles. The van der Waals surface area contributed by atoms with Crippen LogP contribution in [0.3, 0.4) is 0 Å². The Bertz CT molecular complexity index is 1090. The molecular formula is C19H21BrF3N3O5S. The van der Waals surface area contributed by atoms with E-state index in [0.717, 1.165) is 28.6 Å². The van der Waals surface area contributed by atoms with E-state index in [-0.39, 0.29) is 23.4 Å². The van der Waals surface area contributed by atoms with Crippen LogP contribution < -0.4 is 4.74 Å². The second-order valence-electron chi connectivity index (χ2n) is 7.65. The van der Waals surface area contributed by atoms with Gasteiger partial charge in [0, 0.05) is 24.0 Å². The zero-order valence-corrected chi connectivity index (χ0v) is 19.8. The van der Waals surface area contributed by atoms with Crippen LogP contribution in [0, 0.1) is 10.1 Å². The summed E-state index contributed by atoms with van der Waals surface area (Å²) in [6, 6.07) is 6.21. The number of sulfonamides is 1. The highest BCUT2D eigenvalue weighted by atomic mass is 79.9. The van der Waals surface area contributed by atoms with E-state index in [1.54, 1.807) is 20.8 Å². The molecule has 176 valence electrons. The minimum absolute atomic E-state index is 0.136. The molecule has 0 amide bonds. The first-order chi connectivity index (χ1) is 14.6. The first kappa shape index (κ1) is 26.0. The van der Waals surface area contributed by atoms with Gasteiger partial charge >= 0.3 is 6.18 Å². The molecule has 8 nitrogen and oxygen atoms in total. The van der Waals surface area contributed by atoms with Gasteiger partial charge in [0.05, 0.1) is 22.7 Å². The summed E-state index contributed by atoms with van der Waals surface area (Å²) >= 11 is 3.11. The van der Waals surface area contributed by atoms with Crippen molar-refractivity contribution in [3.8, 4) is 5.88 Å². The lowest BCUT2D eigenvalue weighted by atomic mass is 10.2. The van der Waals surface area contributed by atoms with Crippen molar-refractivity contribution in [1.29, 1.82) is 0 Å². The fourth-order valence-corrected chi connectivity index (χ4v) is 4.93. The Morgan fingerprint density at radius 1 is 1.19 bits per heavy atom. The topological polar surface area (TPSA) is 103 Å². The number of benzene rings is 1. The number of hydrogen-bond acceptors (Lipinski definition) is 6. The second-order valence-corrected chi connectivity index (χ2v) is 10.3. The third-order valence-electron chi connectivity index (χ3n) is 3.95. The van der Waals surface area contributed by atoms with Crippen LogP contribution in [-0.2, 0) is 22.7 Å². The van der Waals surface area contributed by atoms with Crippen LogP contribution in [0.5, 0.6) is 5.88 Å². The molecule has 1 heterocycles. The van der Waals surface area contributed by atoms with Gasteiger partial charge in [0.1, 0.15) is 5.60 Å². The van der Waals surface area contributed by atoms with E-state index in [9.17, 15) is 31.7 Å². The van der Waals surface area contributed by atoms with Gasteiger partial charge in [-0.15, -0.1) is 0 Å². The van der Waals surface area contributed by atoms with Crippen LogP contribution in [0.15, 0.2) is 41.3 Å². The number of hydrogen-bond donors (Lipinski definition) is 0. The van der Waals surface area contributed by atoms with Gasteiger partial charge in [0.2, 0.25) is 15.9 Å². The molecule has 2 aromatic rings. The zero-order valence-electron chi connectivity index (χ0n) is 17.4. The normalized spacial score (nSPS) is 12.8. The van der Waals surface area contributed by atoms with Gasteiger partial charge in [-0.2, -0.15) is 17.5 Å². The van der Waals surface area contributed by atoms with Crippen LogP contribution >= 0.6 is 15.9 Å². The van der Waals surface area contributed by atoms with Crippen molar-refractivity contribution in [2.24, 2.45) is 0 Å². The van der Waals surface area contributed by atoms with Crippen LogP contribution in [-0.4, -0.2) is 40.1 Å². The molecule has 0 atom stereocenters. The molecule has 0 fully saturated rings. The summed E-state index contributed by atoms with van der Waals surface area (Å²) in [5.74, 6) is -0.316. The maximum atomic E-state index is 13.4. The molecule has 32 heavy (non-hydrogen) atoms. The number of ether oxygens (including phenoxy) is 1. The number of para-hydroxylation sites is 1. The van der Waals surface area contributed by atoms with Gasteiger partial charge in [0.15, 0.2) is 4.90 Å². The van der Waals surface area contributed by atoms with E-state index < -0.39 is 49.4 Å². The highest BCUT2D eigenvalue weighted by molar-refractivity contribution is 9.09. The largest absolute Gasteiger partial charge is 0.472 e. The molecule has 0 radical (unpaired) electrons. The van der Waals surface area contributed by atoms with Crippen molar-refractivity contribution in [2.75, 3.05) is 11.9 Å². The van der Waals surface area contributed by atoms with Crippen molar-refractivity contribution in [3.63, 3.8) is 0 Å². The molecule has 0 bridgehead atoms. The van der Waals surface area contributed by atoms with E-state index in [1.807, 2.05) is 0 Å². The van der Waals surface area contributed by atoms with Gasteiger partial charge < -0.3 is 4.74 Å². The maximum Gasteiger partial charge on any atom is 0.416 e. The van der Waals surface area contributed by atoms with Gasteiger partial charge in [-0.05, 0) is 32.9 Å². The zero-order chi connectivity index (χ0) is 24.3. The summed E-state index contributed by atoms with van der Waals surface area (Å²) in [5.41, 5.74) is -2.76. The number of alkyl halides is 4. The Morgan fingerprint density at radius 2 is 1.81 bits per heavy atom. The van der Waals surface area contributed by atoms with Crippen molar-refractivity contribution < 1.29 is 31.2 Å². The molecule has 0 aliphatic carbocycles. The first-order valence-corrected chi connectivity index (χ1v) is 11.8. The Hall–Kier alpha value is -2.25. The third kappa shape index (κ3) is 6.62. The Labute approximate surface area is 191 Å². The molecule has 2 rings (SSSR count). The number of rotatable bonds is 8. The maximum absolute atomic E-state index is 13.4. The van der Waals surface area contributed by atoms with E-state index in [0.29, 0.717) is 0 Å². The average Bonchev–Trinajstić information content (AvgIpc) is 2.65. The lowest BCUT2D eigenvalue weighted by molar-refractivity contribution is -0.387. The molecule has 0 saturated heterocycles. The average molecular weight is 540 g/mol. The SMILES string of the molecule is CC(C)(C)Oc1cc(C(F)(F)F)cc(CN(CCBr)S(=O)(=O)c2ccccc2[N+](=O)[O-])n1. The minimum atomic E-state index is -4.72. The van der Waals surface area contributed by atoms with Gasteiger partial charge in [0.25, 0.3) is 5.69 Å². The molecule has 13 heteroatoms. The lowest BCUT2D eigenvalue weighted by Crippen LogP contribution is -2.33. The molecule has 1 aromatic carbocycles. The number of nitro groups is 1. The number of pyridine rings is 1. The van der Waals surface area contributed by atoms with Gasteiger partial charge in [-0.1, -0.05) is 28.1 Å². The van der Waals surface area contributed by atoms with Crippen LogP contribution in [0.4, 0.5) is 18.9 Å². The van der Waals surface area contributed by atoms with Crippen molar-refractivity contribution in [2.45, 2.75) is 44.0 Å². The summed E-state index contributed by atoms with van der Waals surface area (Å²) in [4.78, 5) is 13.9. The number of nitrogens with zero attached hydrogens (tertiary/aromatic N) is 3. The fraction of sp³-hybridized carbons (Fsp3) is 0.421. The highest BCUT2D eigenvalue weighted by Gasteiger charge is 2.35. The van der Waals surface area contributed by atoms with Crippen molar-refractivity contribution >= 4 is 31.6 Å². The van der Waals surface area contributed by atoms with Crippen molar-refractivity contribution in [1.82, 2.24) is 9.29 Å². The summed E-state index contributed by atoms with van der Waals surface area (Å²) in [5, 5.41) is 11.4. The molecular weight excluding hydrogens is 519 g/mol. The Kier molecular flexibility index (Phi) is 7.89. The first-order valence-electron chi connectivity index (χ1n) is 9.22. The van der Waals surface area contributed by atoms with Crippen molar-refractivity contribution in [3.05, 3.63) is 57.8 Å². The van der Waals surface area contributed by atoms with Crippen LogP contribution in [0.2, 0.25) is 0 Å². The summed E-state index contributed by atoms with van der Waals surface area (Å²) < 4.78 is 72.9. The van der Waals surface area contributed by atoms with Gasteiger partial charge in [-0.25, -0.2) is 13.4 Å². The fourth-order valence-electron chi connectivity index (χ4n) is 2.70. The van der Waals surface area contributed by atoms with E-state index in [4.69, 9.17) is 4.74 Å². The minimum Gasteiger partial charge on any atom is -0.472 e. The van der Waals surface area contributed by atoms with Crippen LogP contribution in [0.25, 0.3) is 0 Å². The van der Waals surface area contributed by atoms with Crippen LogP contribution in [0.1, 0.15) is 32.0 Å². The molecule has 0 spiro atoms. The predicted octanol–water partition coefficient (Wildman–Crippen LogP) is 4.77. The number of aromatic nitrogens is 1. The highest BCUT2D eigenvalue weighted by Crippen LogP contribution is 2.33. The quantitative estimate of drug-likeness (QED) is 0.272. The molecule has 0 N–H and O–H groups in total. The Balaban J connectivity index is 2.55. The number of halogens is 4. The summed E-state index contributed by atoms with van der Waals surface area (Å²) in [6.07, 6.45) is -4.72. The molecule has 0 saturated carbocycles. The predicted molar refractivity (Wildman–Crippen MR) is 114 cm³/mol. The smallest absolute Gasteiger partial charge is 0.416 e. The standard InChI is InChI=1S/C19H21BrF3N3O5S/c1-18(2,3)31-17-11-13(19(21,22)23)10-14(24-17)12-25(9-8-20)32(29,30)16-7-5-4-6-15(16)26(27)28/h4-7,10-11H,8-9,12H2,1-3H3. The van der Waals surface area contributed by atoms with E-state index in [2.05, 4.69) is 20.9 Å². The number of nitro benzene ring substituents is 1. The Morgan fingerprint density at radius 3 is 2.34 bits per heavy atom. The molecule has 0 unspecified atom stereocenters. The molecule has 1 aromatic heterocycles. The summed E-state index contributed by atoms with van der Waals surface area (Å²) in [7, 11) is -4.43. The third-order valence-corrected chi connectivity index (χ3v) is 6.19. The lowest BCUT2D eigenvalue weighted by Gasteiger charge is -2.24. The van der Waals surface area contributed by atoms with Gasteiger partial charge in [-0.3, -0.25) is 10.1 Å². The van der Waals surface area contributed by atoms with E-state index >= 15 is 0 Å². The monoisotopic (exact) mass is 539 g/mol. The van der Waals surface area contributed by atoms with E-state index in [1.165, 1.54) is 12.1 Å². The molecule has 0 aliphatic rings. The second kappa shape index (κ2) is 9.71.